The Kier molecular flexibility index (Phi) is 5.74. The molecule has 0 aliphatic carbocycles. The van der Waals surface area contributed by atoms with Gasteiger partial charge < -0.3 is 4.57 Å². The van der Waals surface area contributed by atoms with E-state index in [2.05, 4.69) is 137 Å². The fourth-order valence-electron chi connectivity index (χ4n) is 4.94. The second kappa shape index (κ2) is 9.21. The molecule has 6 aromatic rings. The summed E-state index contributed by atoms with van der Waals surface area (Å²) in [4.78, 5) is 0. The molecule has 0 radical (unpaired) electrons. The van der Waals surface area contributed by atoms with Crippen molar-refractivity contribution in [3.63, 3.8) is 0 Å². The molecule has 0 saturated carbocycles. The molecule has 0 spiro atoms. The number of thiazole rings is 1. The molecule has 0 bridgehead atoms. The van der Waals surface area contributed by atoms with E-state index in [-0.39, 0.29) is 0 Å². The lowest BCUT2D eigenvalue weighted by Crippen LogP contribution is -2.28. The molecule has 0 atom stereocenters. The summed E-state index contributed by atoms with van der Waals surface area (Å²) in [6.45, 7) is 3.17. The molecule has 0 aliphatic rings. The van der Waals surface area contributed by atoms with Crippen LogP contribution in [0.25, 0.3) is 56.3 Å². The maximum absolute atomic E-state index is 2.41. The largest absolute Gasteiger partial charge is 0.341 e. The van der Waals surface area contributed by atoms with Crippen LogP contribution in [0.3, 0.4) is 0 Å². The van der Waals surface area contributed by atoms with E-state index in [1.807, 2.05) is 18.4 Å². The van der Waals surface area contributed by atoms with Crippen molar-refractivity contribution < 1.29 is 9.13 Å². The summed E-state index contributed by atoms with van der Waals surface area (Å²) in [5.41, 5.74) is 7.47. The molecule has 4 heteroatoms. The number of hydrogen-bond acceptors (Lipinski definition) is 1. The third-order valence-electron chi connectivity index (χ3n) is 6.89. The monoisotopic (exact) mass is 487 g/mol. The van der Waals surface area contributed by atoms with Gasteiger partial charge >= 0.3 is 0 Å². The van der Waals surface area contributed by atoms with E-state index in [1.54, 1.807) is 0 Å². The van der Waals surface area contributed by atoms with E-state index in [9.17, 15) is 0 Å². The summed E-state index contributed by atoms with van der Waals surface area (Å²) in [7, 11) is 4.18. The number of para-hydroxylation sites is 1. The molecule has 0 fully saturated rings. The molecule has 0 aliphatic heterocycles. The third kappa shape index (κ3) is 4.04. The number of fused-ring (bicyclic) bond motifs is 4. The topological polar surface area (TPSA) is 12.7 Å². The van der Waals surface area contributed by atoms with Gasteiger partial charge in [0.1, 0.15) is 18.8 Å². The van der Waals surface area contributed by atoms with Crippen LogP contribution in [-0.4, -0.2) is 4.57 Å². The predicted molar refractivity (Wildman–Crippen MR) is 154 cm³/mol. The Hall–Kier alpha value is -4.02. The van der Waals surface area contributed by atoms with Gasteiger partial charge in [0.15, 0.2) is 12.4 Å². The van der Waals surface area contributed by atoms with E-state index in [0.717, 1.165) is 6.54 Å². The Morgan fingerprint density at radius 2 is 1.33 bits per heavy atom. The molecule has 6 rings (SSSR count). The smallest absolute Gasteiger partial charge is 0.262 e. The van der Waals surface area contributed by atoms with Gasteiger partial charge in [-0.15, -0.1) is 0 Å². The molecule has 36 heavy (non-hydrogen) atoms. The lowest BCUT2D eigenvalue weighted by Gasteiger charge is -2.03. The van der Waals surface area contributed by atoms with Crippen molar-refractivity contribution in [3.8, 4) is 0 Å². The van der Waals surface area contributed by atoms with Crippen LogP contribution in [0.5, 0.6) is 0 Å². The summed E-state index contributed by atoms with van der Waals surface area (Å²) < 4.78 is 8.04. The third-order valence-corrected chi connectivity index (χ3v) is 8.08. The Labute approximate surface area is 215 Å². The highest BCUT2D eigenvalue weighted by molar-refractivity contribution is 7.18. The summed E-state index contributed by atoms with van der Waals surface area (Å²) in [6.07, 6.45) is 13.0. The first-order valence-electron chi connectivity index (χ1n) is 12.4. The Balaban J connectivity index is 1.40. The van der Waals surface area contributed by atoms with E-state index in [1.165, 1.54) is 53.7 Å². The molecule has 3 nitrogen and oxygen atoms in total. The Morgan fingerprint density at radius 3 is 1.97 bits per heavy atom. The van der Waals surface area contributed by atoms with Crippen LogP contribution in [-0.2, 0) is 20.6 Å². The van der Waals surface area contributed by atoms with Crippen molar-refractivity contribution >= 4 is 67.7 Å². The van der Waals surface area contributed by atoms with Gasteiger partial charge in [0.25, 0.3) is 5.01 Å². The predicted octanol–water partition coefficient (Wildman–Crippen LogP) is 7.02. The molecule has 0 N–H and O–H groups in total. The van der Waals surface area contributed by atoms with E-state index in [0.29, 0.717) is 0 Å². The second-order valence-electron chi connectivity index (χ2n) is 9.23. The second-order valence-corrected chi connectivity index (χ2v) is 10.3. The number of nitrogens with zero attached hydrogens (tertiary/aromatic N) is 3. The number of hydrogen-bond donors (Lipinski definition) is 0. The first kappa shape index (κ1) is 22.4. The SMILES string of the molecule is CCn1c2ccc(/C=C/c3cc[n+](C)cc3)cc2c2cc(/C=C/c3sc4ccccc4[n+]3C)ccc21. The van der Waals surface area contributed by atoms with Crippen LogP contribution in [0, 0.1) is 0 Å². The lowest BCUT2D eigenvalue weighted by molar-refractivity contribution is -0.671. The van der Waals surface area contributed by atoms with Crippen molar-refractivity contribution in [3.05, 3.63) is 107 Å². The van der Waals surface area contributed by atoms with Crippen molar-refractivity contribution in [1.82, 2.24) is 4.57 Å². The van der Waals surface area contributed by atoms with Crippen LogP contribution < -0.4 is 9.13 Å². The van der Waals surface area contributed by atoms with Gasteiger partial charge in [0, 0.05) is 52.6 Å². The number of aryl methyl sites for hydroxylation is 3. The van der Waals surface area contributed by atoms with Crippen LogP contribution in [0.15, 0.2) is 85.2 Å². The lowest BCUT2D eigenvalue weighted by atomic mass is 10.1. The van der Waals surface area contributed by atoms with Crippen LogP contribution in [0.2, 0.25) is 0 Å². The highest BCUT2D eigenvalue weighted by atomic mass is 32.1. The number of benzene rings is 3. The average Bonchev–Trinajstić information content (AvgIpc) is 3.40. The Morgan fingerprint density at radius 1 is 0.722 bits per heavy atom. The molecule has 0 unspecified atom stereocenters. The quantitative estimate of drug-likeness (QED) is 0.232. The molecule has 3 aromatic carbocycles. The minimum absolute atomic E-state index is 0.947. The summed E-state index contributed by atoms with van der Waals surface area (Å²) in [5.74, 6) is 0. The van der Waals surface area contributed by atoms with Gasteiger partial charge in [-0.1, -0.05) is 47.8 Å². The van der Waals surface area contributed by atoms with Gasteiger partial charge in [-0.3, -0.25) is 0 Å². The zero-order valence-corrected chi connectivity index (χ0v) is 21.7. The molecular weight excluding hydrogens is 458 g/mol. The molecule has 176 valence electrons. The van der Waals surface area contributed by atoms with E-state index < -0.39 is 0 Å². The molecule has 0 saturated heterocycles. The van der Waals surface area contributed by atoms with Crippen molar-refractivity contribution in [2.45, 2.75) is 13.5 Å². The van der Waals surface area contributed by atoms with Gasteiger partial charge in [0.2, 0.25) is 5.52 Å². The van der Waals surface area contributed by atoms with Gasteiger partial charge in [0.05, 0.1) is 0 Å². The Bertz CT molecular complexity index is 1780. The van der Waals surface area contributed by atoms with Gasteiger partial charge in [-0.25, -0.2) is 4.57 Å². The molecule has 0 amide bonds. The van der Waals surface area contributed by atoms with Gasteiger partial charge in [-0.2, -0.15) is 4.57 Å². The number of aromatic nitrogens is 3. The summed E-state index contributed by atoms with van der Waals surface area (Å²) >= 11 is 1.83. The highest BCUT2D eigenvalue weighted by Crippen LogP contribution is 2.32. The number of pyridine rings is 1. The van der Waals surface area contributed by atoms with Crippen LogP contribution in [0.4, 0.5) is 0 Å². The zero-order chi connectivity index (χ0) is 24.6. The van der Waals surface area contributed by atoms with E-state index in [4.69, 9.17) is 0 Å². The minimum atomic E-state index is 0.947. The summed E-state index contributed by atoms with van der Waals surface area (Å²) in [6, 6.07) is 26.5. The van der Waals surface area contributed by atoms with Crippen molar-refractivity contribution in [1.29, 1.82) is 0 Å². The summed E-state index contributed by atoms with van der Waals surface area (Å²) in [5, 5.41) is 3.85. The average molecular weight is 488 g/mol. The zero-order valence-electron chi connectivity index (χ0n) is 20.8. The van der Waals surface area contributed by atoms with Crippen molar-refractivity contribution in [2.75, 3.05) is 0 Å². The van der Waals surface area contributed by atoms with Crippen LogP contribution in [0.1, 0.15) is 28.6 Å². The first-order chi connectivity index (χ1) is 17.6. The highest BCUT2D eigenvalue weighted by Gasteiger charge is 2.14. The van der Waals surface area contributed by atoms with Crippen molar-refractivity contribution in [2.24, 2.45) is 14.1 Å². The molecule has 3 heterocycles. The van der Waals surface area contributed by atoms with Gasteiger partial charge in [-0.05, 0) is 60.0 Å². The standard InChI is InChI=1S/C32H29N3S/c1-4-35-28-14-11-24(10-9-23-17-19-33(2)20-18-23)21-26(28)27-22-25(12-15-29(27)35)13-16-32-34(3)30-7-5-6-8-31(30)36-32/h5-22H,4H2,1-3H3/q+2. The maximum Gasteiger partial charge on any atom is 0.262 e. The minimum Gasteiger partial charge on any atom is -0.341 e. The van der Waals surface area contributed by atoms with Crippen LogP contribution >= 0.6 is 11.3 Å². The maximum atomic E-state index is 2.41. The first-order valence-corrected chi connectivity index (χ1v) is 13.2. The van der Waals surface area contributed by atoms with E-state index >= 15 is 0 Å². The fourth-order valence-corrected chi connectivity index (χ4v) is 5.99. The normalized spacial score (nSPS) is 12.2. The molecule has 3 aromatic heterocycles. The molecular formula is C32H29N3S+2. The number of rotatable bonds is 5. The fraction of sp³-hybridized carbons (Fsp3) is 0.125.